The van der Waals surface area contributed by atoms with Crippen molar-refractivity contribution in [2.45, 2.75) is 32.3 Å². The smallest absolute Gasteiger partial charge is 0.244 e. The summed E-state index contributed by atoms with van der Waals surface area (Å²) in [6.07, 6.45) is 5.22. The molecule has 1 fully saturated rings. The molecular formula is C11H19N5O. The van der Waals surface area contributed by atoms with Gasteiger partial charge in [-0.25, -0.2) is 0 Å². The minimum absolute atomic E-state index is 0.283. The maximum atomic E-state index is 5.52. The molecule has 0 spiro atoms. The van der Waals surface area contributed by atoms with Crippen LogP contribution in [0.25, 0.3) is 0 Å². The van der Waals surface area contributed by atoms with Crippen LogP contribution in [0.15, 0.2) is 6.20 Å². The Kier molecular flexibility index (Phi) is 4.49. The van der Waals surface area contributed by atoms with Crippen LogP contribution in [0.2, 0.25) is 0 Å². The second-order valence-electron chi connectivity index (χ2n) is 4.11. The van der Waals surface area contributed by atoms with Gasteiger partial charge in [-0.05, 0) is 19.3 Å². The SMILES string of the molecule is CCCNc1cnnc(NCC2CCCO2)n1. The first-order valence-corrected chi connectivity index (χ1v) is 6.17. The second kappa shape index (κ2) is 6.34. The third-order valence-electron chi connectivity index (χ3n) is 2.63. The monoisotopic (exact) mass is 237 g/mol. The van der Waals surface area contributed by atoms with Crippen molar-refractivity contribution in [3.8, 4) is 0 Å². The molecular weight excluding hydrogens is 218 g/mol. The van der Waals surface area contributed by atoms with Gasteiger partial charge in [-0.15, -0.1) is 5.10 Å². The van der Waals surface area contributed by atoms with Gasteiger partial charge in [0.25, 0.3) is 0 Å². The molecule has 17 heavy (non-hydrogen) atoms. The Morgan fingerprint density at radius 2 is 2.41 bits per heavy atom. The van der Waals surface area contributed by atoms with Crippen LogP contribution < -0.4 is 10.6 Å². The summed E-state index contributed by atoms with van der Waals surface area (Å²) < 4.78 is 5.52. The molecule has 1 aliphatic heterocycles. The van der Waals surface area contributed by atoms with Crippen LogP contribution in [0.3, 0.4) is 0 Å². The summed E-state index contributed by atoms with van der Waals surface area (Å²) in [5, 5.41) is 14.2. The standard InChI is InChI=1S/C11H19N5O/c1-2-5-12-10-8-14-16-11(15-10)13-7-9-4-3-6-17-9/h8-9H,2-7H2,1H3,(H2,12,13,15,16). The van der Waals surface area contributed by atoms with E-state index < -0.39 is 0 Å². The van der Waals surface area contributed by atoms with Crippen molar-refractivity contribution in [2.75, 3.05) is 30.3 Å². The Morgan fingerprint density at radius 3 is 3.18 bits per heavy atom. The zero-order valence-corrected chi connectivity index (χ0v) is 10.1. The predicted octanol–water partition coefficient (Wildman–Crippen LogP) is 1.28. The summed E-state index contributed by atoms with van der Waals surface area (Å²) in [6.45, 7) is 4.62. The quantitative estimate of drug-likeness (QED) is 0.776. The molecule has 0 aliphatic carbocycles. The van der Waals surface area contributed by atoms with E-state index in [9.17, 15) is 0 Å². The van der Waals surface area contributed by atoms with Gasteiger partial charge in [0.1, 0.15) is 5.82 Å². The number of rotatable bonds is 6. The van der Waals surface area contributed by atoms with Crippen molar-refractivity contribution >= 4 is 11.8 Å². The van der Waals surface area contributed by atoms with Crippen molar-refractivity contribution in [1.82, 2.24) is 15.2 Å². The number of nitrogens with one attached hydrogen (secondary N) is 2. The Bertz CT molecular complexity index is 340. The summed E-state index contributed by atoms with van der Waals surface area (Å²) in [5.74, 6) is 1.32. The van der Waals surface area contributed by atoms with Gasteiger partial charge >= 0.3 is 0 Å². The van der Waals surface area contributed by atoms with E-state index in [1.807, 2.05) is 0 Å². The van der Waals surface area contributed by atoms with Crippen molar-refractivity contribution in [3.63, 3.8) is 0 Å². The van der Waals surface area contributed by atoms with Crippen molar-refractivity contribution in [1.29, 1.82) is 0 Å². The molecule has 94 valence electrons. The molecule has 1 unspecified atom stereocenters. The molecule has 2 heterocycles. The van der Waals surface area contributed by atoms with Gasteiger partial charge in [0.05, 0.1) is 12.3 Å². The van der Waals surface area contributed by atoms with E-state index in [1.54, 1.807) is 6.20 Å². The minimum Gasteiger partial charge on any atom is -0.376 e. The molecule has 0 amide bonds. The molecule has 1 saturated heterocycles. The zero-order valence-electron chi connectivity index (χ0n) is 10.1. The zero-order chi connectivity index (χ0) is 11.9. The van der Waals surface area contributed by atoms with Gasteiger partial charge in [0.15, 0.2) is 0 Å². The van der Waals surface area contributed by atoms with E-state index in [1.165, 1.54) is 0 Å². The maximum absolute atomic E-state index is 5.52. The highest BCUT2D eigenvalue weighted by Crippen LogP contribution is 2.12. The summed E-state index contributed by atoms with van der Waals surface area (Å²) >= 11 is 0. The molecule has 1 aliphatic rings. The first-order chi connectivity index (χ1) is 8.38. The lowest BCUT2D eigenvalue weighted by Crippen LogP contribution is -2.20. The van der Waals surface area contributed by atoms with Gasteiger partial charge in [-0.2, -0.15) is 10.1 Å². The molecule has 6 nitrogen and oxygen atoms in total. The summed E-state index contributed by atoms with van der Waals surface area (Å²) in [6, 6.07) is 0. The Hall–Kier alpha value is -1.43. The summed E-state index contributed by atoms with van der Waals surface area (Å²) in [5.41, 5.74) is 0. The first kappa shape index (κ1) is 12.0. The van der Waals surface area contributed by atoms with Crippen LogP contribution in [0, 0.1) is 0 Å². The van der Waals surface area contributed by atoms with Crippen LogP contribution in [-0.2, 0) is 4.74 Å². The van der Waals surface area contributed by atoms with Gasteiger partial charge in [-0.1, -0.05) is 6.92 Å². The highest BCUT2D eigenvalue weighted by atomic mass is 16.5. The predicted molar refractivity (Wildman–Crippen MR) is 66.1 cm³/mol. The number of aromatic nitrogens is 3. The molecule has 0 aromatic carbocycles. The minimum atomic E-state index is 0.283. The van der Waals surface area contributed by atoms with E-state index in [4.69, 9.17) is 4.74 Å². The molecule has 6 heteroatoms. The largest absolute Gasteiger partial charge is 0.376 e. The average Bonchev–Trinajstić information content (AvgIpc) is 2.87. The lowest BCUT2D eigenvalue weighted by Gasteiger charge is -2.10. The molecule has 1 atom stereocenters. The lowest BCUT2D eigenvalue weighted by molar-refractivity contribution is 0.120. The molecule has 0 radical (unpaired) electrons. The Balaban J connectivity index is 1.82. The van der Waals surface area contributed by atoms with Gasteiger partial charge in [0, 0.05) is 19.7 Å². The molecule has 2 rings (SSSR count). The highest BCUT2D eigenvalue weighted by molar-refractivity contribution is 5.36. The molecule has 2 N–H and O–H groups in total. The Labute approximate surface area is 101 Å². The molecule has 0 bridgehead atoms. The van der Waals surface area contributed by atoms with Crippen molar-refractivity contribution in [3.05, 3.63) is 6.20 Å². The fraction of sp³-hybridized carbons (Fsp3) is 0.727. The highest BCUT2D eigenvalue weighted by Gasteiger charge is 2.15. The number of anilines is 2. The summed E-state index contributed by atoms with van der Waals surface area (Å²) in [7, 11) is 0. The average molecular weight is 237 g/mol. The molecule has 1 aromatic heterocycles. The van der Waals surface area contributed by atoms with Crippen LogP contribution >= 0.6 is 0 Å². The van der Waals surface area contributed by atoms with Crippen LogP contribution in [-0.4, -0.2) is 41.0 Å². The Morgan fingerprint density at radius 1 is 1.47 bits per heavy atom. The van der Waals surface area contributed by atoms with Gasteiger partial charge < -0.3 is 15.4 Å². The van der Waals surface area contributed by atoms with E-state index >= 15 is 0 Å². The molecule has 0 saturated carbocycles. The third kappa shape index (κ3) is 3.81. The second-order valence-corrected chi connectivity index (χ2v) is 4.11. The number of hydrogen-bond donors (Lipinski definition) is 2. The van der Waals surface area contributed by atoms with E-state index in [-0.39, 0.29) is 6.10 Å². The first-order valence-electron chi connectivity index (χ1n) is 6.17. The van der Waals surface area contributed by atoms with E-state index in [0.717, 1.165) is 44.8 Å². The fourth-order valence-corrected chi connectivity index (χ4v) is 1.73. The van der Waals surface area contributed by atoms with Gasteiger partial charge in [0.2, 0.25) is 5.95 Å². The van der Waals surface area contributed by atoms with E-state index in [0.29, 0.717) is 5.95 Å². The summed E-state index contributed by atoms with van der Waals surface area (Å²) in [4.78, 5) is 4.32. The number of hydrogen-bond acceptors (Lipinski definition) is 6. The van der Waals surface area contributed by atoms with Crippen LogP contribution in [0.4, 0.5) is 11.8 Å². The van der Waals surface area contributed by atoms with Crippen LogP contribution in [0.5, 0.6) is 0 Å². The van der Waals surface area contributed by atoms with Crippen molar-refractivity contribution in [2.24, 2.45) is 0 Å². The van der Waals surface area contributed by atoms with Crippen molar-refractivity contribution < 1.29 is 4.74 Å². The van der Waals surface area contributed by atoms with Gasteiger partial charge in [-0.3, -0.25) is 0 Å². The lowest BCUT2D eigenvalue weighted by atomic mass is 10.2. The molecule has 1 aromatic rings. The van der Waals surface area contributed by atoms with E-state index in [2.05, 4.69) is 32.7 Å². The fourth-order valence-electron chi connectivity index (χ4n) is 1.73. The number of nitrogens with zero attached hydrogens (tertiary/aromatic N) is 3. The topological polar surface area (TPSA) is 72.0 Å². The maximum Gasteiger partial charge on any atom is 0.244 e. The van der Waals surface area contributed by atoms with Crippen LogP contribution in [0.1, 0.15) is 26.2 Å². The third-order valence-corrected chi connectivity index (χ3v) is 2.63. The number of ether oxygens (including phenoxy) is 1. The normalized spacial score (nSPS) is 19.2.